The largest absolute Gasteiger partial charge is 0.286 e. The van der Waals surface area contributed by atoms with Crippen LogP contribution in [0.4, 0.5) is 0 Å². The molecule has 166 valence electrons. The van der Waals surface area contributed by atoms with Gasteiger partial charge in [-0.2, -0.15) is 0 Å². The summed E-state index contributed by atoms with van der Waals surface area (Å²) in [5.41, 5.74) is 10.6. The van der Waals surface area contributed by atoms with Crippen LogP contribution >= 0.6 is 0 Å². The Kier molecular flexibility index (Phi) is 6.43. The van der Waals surface area contributed by atoms with E-state index in [1.165, 1.54) is 5.56 Å². The zero-order valence-electron chi connectivity index (χ0n) is 19.4. The van der Waals surface area contributed by atoms with E-state index in [9.17, 15) is 4.79 Å². The van der Waals surface area contributed by atoms with Crippen molar-refractivity contribution in [3.05, 3.63) is 143 Å². The molecule has 0 saturated heterocycles. The fraction of sp³-hybridized carbons (Fsp3) is 0.167. The van der Waals surface area contributed by atoms with Crippen molar-refractivity contribution < 1.29 is 4.79 Å². The summed E-state index contributed by atoms with van der Waals surface area (Å²) in [4.78, 5) is 13.2. The Morgan fingerprint density at radius 1 is 0.545 bits per heavy atom. The summed E-state index contributed by atoms with van der Waals surface area (Å²) in [5, 5.41) is 0. The molecule has 0 aromatic heterocycles. The molecule has 0 heterocycles. The van der Waals surface area contributed by atoms with Crippen molar-refractivity contribution in [2.24, 2.45) is 0 Å². The van der Waals surface area contributed by atoms with Crippen LogP contribution < -0.4 is 10.9 Å². The predicted octanol–water partition coefficient (Wildman–Crippen LogP) is 6.21. The standard InChI is InChI=1S/C30H30N2O/c1-29(2,3)24-21-19-23(20-22-24)28(33)31-32-30(25-13-7-4-8-14-25,26-15-9-5-10-16-26)27-17-11-6-12-18-27/h4-22,32H,1-3H3,(H,31,33). The smallest absolute Gasteiger partial charge is 0.265 e. The molecule has 0 bridgehead atoms. The first kappa shape index (κ1) is 22.5. The van der Waals surface area contributed by atoms with Crippen molar-refractivity contribution in [3.63, 3.8) is 0 Å². The lowest BCUT2D eigenvalue weighted by atomic mass is 9.77. The van der Waals surface area contributed by atoms with Crippen molar-refractivity contribution in [1.29, 1.82) is 0 Å². The van der Waals surface area contributed by atoms with Crippen LogP contribution in [0.3, 0.4) is 0 Å². The highest BCUT2D eigenvalue weighted by atomic mass is 16.2. The first-order chi connectivity index (χ1) is 15.9. The first-order valence-electron chi connectivity index (χ1n) is 11.3. The Balaban J connectivity index is 1.74. The van der Waals surface area contributed by atoms with Crippen molar-refractivity contribution >= 4 is 5.91 Å². The zero-order chi connectivity index (χ0) is 23.3. The van der Waals surface area contributed by atoms with Gasteiger partial charge in [0.15, 0.2) is 0 Å². The zero-order valence-corrected chi connectivity index (χ0v) is 19.4. The fourth-order valence-electron chi connectivity index (χ4n) is 4.13. The maximum Gasteiger partial charge on any atom is 0.265 e. The molecule has 0 atom stereocenters. The van der Waals surface area contributed by atoms with Gasteiger partial charge in [-0.1, -0.05) is 124 Å². The third-order valence-corrected chi connectivity index (χ3v) is 6.00. The molecule has 1 amide bonds. The van der Waals surface area contributed by atoms with E-state index in [4.69, 9.17) is 0 Å². The van der Waals surface area contributed by atoms with Crippen LogP contribution in [0.25, 0.3) is 0 Å². The van der Waals surface area contributed by atoms with Gasteiger partial charge in [-0.05, 0) is 39.8 Å². The van der Waals surface area contributed by atoms with E-state index in [0.717, 1.165) is 16.7 Å². The van der Waals surface area contributed by atoms with E-state index in [1.54, 1.807) is 0 Å². The molecule has 33 heavy (non-hydrogen) atoms. The van der Waals surface area contributed by atoms with Crippen LogP contribution in [0.1, 0.15) is 53.4 Å². The Morgan fingerprint density at radius 2 is 0.939 bits per heavy atom. The van der Waals surface area contributed by atoms with Gasteiger partial charge in [-0.25, -0.2) is 5.43 Å². The number of hydrogen-bond acceptors (Lipinski definition) is 2. The van der Waals surface area contributed by atoms with Gasteiger partial charge in [0.25, 0.3) is 5.91 Å². The average Bonchev–Trinajstić information content (AvgIpc) is 2.86. The summed E-state index contributed by atoms with van der Waals surface area (Å²) < 4.78 is 0. The Labute approximate surface area is 196 Å². The van der Waals surface area contributed by atoms with E-state index in [0.29, 0.717) is 5.56 Å². The molecule has 4 aromatic rings. The quantitative estimate of drug-likeness (QED) is 0.280. The number of amides is 1. The molecule has 0 unspecified atom stereocenters. The highest BCUT2D eigenvalue weighted by Crippen LogP contribution is 2.36. The summed E-state index contributed by atoms with van der Waals surface area (Å²) in [7, 11) is 0. The molecule has 0 radical (unpaired) electrons. The number of carbonyl (C=O) groups excluding carboxylic acids is 1. The molecular weight excluding hydrogens is 404 g/mol. The van der Waals surface area contributed by atoms with Crippen LogP contribution in [0, 0.1) is 0 Å². The second-order valence-electron chi connectivity index (χ2n) is 9.25. The molecule has 3 nitrogen and oxygen atoms in total. The maximum atomic E-state index is 13.2. The molecule has 4 rings (SSSR count). The molecule has 0 aliphatic heterocycles. The molecular formula is C30H30N2O. The second-order valence-corrected chi connectivity index (χ2v) is 9.25. The highest BCUT2D eigenvalue weighted by molar-refractivity contribution is 5.94. The van der Waals surface area contributed by atoms with E-state index < -0.39 is 5.54 Å². The average molecular weight is 435 g/mol. The Bertz CT molecular complexity index is 1080. The number of hydrazine groups is 1. The van der Waals surface area contributed by atoms with E-state index in [1.807, 2.05) is 78.9 Å². The van der Waals surface area contributed by atoms with Crippen LogP contribution in [-0.4, -0.2) is 5.91 Å². The Morgan fingerprint density at radius 3 is 1.30 bits per heavy atom. The minimum Gasteiger partial charge on any atom is -0.286 e. The van der Waals surface area contributed by atoms with Crippen LogP contribution in [0.2, 0.25) is 0 Å². The van der Waals surface area contributed by atoms with E-state index in [-0.39, 0.29) is 11.3 Å². The van der Waals surface area contributed by atoms with Gasteiger partial charge in [0.05, 0.1) is 0 Å². The van der Waals surface area contributed by atoms with Crippen LogP contribution in [-0.2, 0) is 11.0 Å². The number of rotatable bonds is 6. The summed E-state index contributed by atoms with van der Waals surface area (Å²) in [6.07, 6.45) is 0. The number of carbonyl (C=O) groups is 1. The van der Waals surface area contributed by atoms with E-state index >= 15 is 0 Å². The summed E-state index contributed by atoms with van der Waals surface area (Å²) in [6, 6.07) is 38.4. The third-order valence-electron chi connectivity index (χ3n) is 6.00. The molecule has 3 heteroatoms. The van der Waals surface area contributed by atoms with Gasteiger partial charge in [0, 0.05) is 5.56 Å². The van der Waals surface area contributed by atoms with Crippen molar-refractivity contribution in [2.75, 3.05) is 0 Å². The number of benzene rings is 4. The molecule has 4 aromatic carbocycles. The first-order valence-corrected chi connectivity index (χ1v) is 11.3. The lowest BCUT2D eigenvalue weighted by Gasteiger charge is -2.37. The van der Waals surface area contributed by atoms with Gasteiger partial charge in [0.1, 0.15) is 5.54 Å². The minimum atomic E-state index is -0.759. The van der Waals surface area contributed by atoms with Gasteiger partial charge in [-0.3, -0.25) is 10.2 Å². The molecule has 0 spiro atoms. The lowest BCUT2D eigenvalue weighted by Crippen LogP contribution is -2.53. The normalized spacial score (nSPS) is 11.7. The SMILES string of the molecule is CC(C)(C)c1ccc(C(=O)NNC(c2ccccc2)(c2ccccc2)c2ccccc2)cc1. The van der Waals surface area contributed by atoms with Crippen molar-refractivity contribution in [3.8, 4) is 0 Å². The van der Waals surface area contributed by atoms with Crippen LogP contribution in [0.5, 0.6) is 0 Å². The van der Waals surface area contributed by atoms with Gasteiger partial charge in [-0.15, -0.1) is 0 Å². The van der Waals surface area contributed by atoms with Crippen molar-refractivity contribution in [2.45, 2.75) is 31.7 Å². The molecule has 2 N–H and O–H groups in total. The third kappa shape index (κ3) is 4.74. The Hall–Kier alpha value is -3.69. The molecule has 0 fully saturated rings. The second kappa shape index (κ2) is 9.43. The van der Waals surface area contributed by atoms with Gasteiger partial charge in [0.2, 0.25) is 0 Å². The summed E-state index contributed by atoms with van der Waals surface area (Å²) in [5.74, 6) is -0.178. The van der Waals surface area contributed by atoms with Crippen molar-refractivity contribution in [1.82, 2.24) is 10.9 Å². The predicted molar refractivity (Wildman–Crippen MR) is 135 cm³/mol. The summed E-state index contributed by atoms with van der Waals surface area (Å²) in [6.45, 7) is 6.49. The number of nitrogens with one attached hydrogen (secondary N) is 2. The molecule has 0 aliphatic rings. The topological polar surface area (TPSA) is 41.1 Å². The molecule has 0 aliphatic carbocycles. The monoisotopic (exact) mass is 434 g/mol. The van der Waals surface area contributed by atoms with Crippen LogP contribution in [0.15, 0.2) is 115 Å². The minimum absolute atomic E-state index is 0.0380. The number of hydrogen-bond donors (Lipinski definition) is 2. The van der Waals surface area contributed by atoms with Gasteiger partial charge >= 0.3 is 0 Å². The summed E-state index contributed by atoms with van der Waals surface area (Å²) >= 11 is 0. The highest BCUT2D eigenvalue weighted by Gasteiger charge is 2.36. The molecule has 0 saturated carbocycles. The maximum absolute atomic E-state index is 13.2. The van der Waals surface area contributed by atoms with Gasteiger partial charge < -0.3 is 0 Å². The lowest BCUT2D eigenvalue weighted by molar-refractivity contribution is 0.0918. The van der Waals surface area contributed by atoms with E-state index in [2.05, 4.69) is 68.0 Å². The fourth-order valence-corrected chi connectivity index (χ4v) is 4.13.